The van der Waals surface area contributed by atoms with E-state index in [1.54, 1.807) is 48.5 Å². The molecule has 1 N–H and O–H groups in total. The predicted octanol–water partition coefficient (Wildman–Crippen LogP) is 5.27. The minimum atomic E-state index is -0.520. The molecule has 156 valence electrons. The van der Waals surface area contributed by atoms with Crippen molar-refractivity contribution in [1.29, 1.82) is 0 Å². The Morgan fingerprint density at radius 1 is 0.968 bits per heavy atom. The molecule has 0 saturated heterocycles. The van der Waals surface area contributed by atoms with Gasteiger partial charge in [-0.1, -0.05) is 29.8 Å². The highest BCUT2D eigenvalue weighted by molar-refractivity contribution is 6.46. The van der Waals surface area contributed by atoms with Crippen LogP contribution >= 0.6 is 11.6 Å². The SMILES string of the molecule is CCOc1cccc(N2C(=O)C(Nc3ccc(F)cc3)=C(c3ccc(Cl)cc3)C2=O)c1. The third kappa shape index (κ3) is 4.15. The first-order valence-electron chi connectivity index (χ1n) is 9.62. The molecule has 0 radical (unpaired) electrons. The van der Waals surface area contributed by atoms with Crippen LogP contribution in [0.4, 0.5) is 15.8 Å². The van der Waals surface area contributed by atoms with E-state index in [0.29, 0.717) is 34.3 Å². The van der Waals surface area contributed by atoms with Crippen molar-refractivity contribution >= 4 is 40.4 Å². The van der Waals surface area contributed by atoms with Gasteiger partial charge in [-0.05, 0) is 61.0 Å². The summed E-state index contributed by atoms with van der Waals surface area (Å²) in [5.41, 5.74) is 1.71. The molecule has 1 aliphatic rings. The first-order chi connectivity index (χ1) is 15.0. The molecule has 4 rings (SSSR count). The molecule has 0 unspecified atom stereocenters. The third-order valence-electron chi connectivity index (χ3n) is 4.72. The number of nitrogens with zero attached hydrogens (tertiary/aromatic N) is 1. The highest BCUT2D eigenvalue weighted by Crippen LogP contribution is 2.35. The van der Waals surface area contributed by atoms with Crippen molar-refractivity contribution in [2.75, 3.05) is 16.8 Å². The molecule has 0 atom stereocenters. The van der Waals surface area contributed by atoms with E-state index in [1.807, 2.05) is 6.92 Å². The van der Waals surface area contributed by atoms with Gasteiger partial charge >= 0.3 is 0 Å². The normalized spacial score (nSPS) is 13.7. The Kier molecular flexibility index (Phi) is 5.73. The molecule has 3 aromatic rings. The predicted molar refractivity (Wildman–Crippen MR) is 118 cm³/mol. The van der Waals surface area contributed by atoms with Gasteiger partial charge in [-0.25, -0.2) is 9.29 Å². The number of halogens is 2. The Morgan fingerprint density at radius 3 is 2.35 bits per heavy atom. The average molecular weight is 437 g/mol. The minimum Gasteiger partial charge on any atom is -0.494 e. The smallest absolute Gasteiger partial charge is 0.282 e. The Morgan fingerprint density at radius 2 is 1.68 bits per heavy atom. The van der Waals surface area contributed by atoms with Gasteiger partial charge in [-0.2, -0.15) is 0 Å². The number of rotatable bonds is 6. The zero-order valence-electron chi connectivity index (χ0n) is 16.6. The van der Waals surface area contributed by atoms with Gasteiger partial charge in [0.1, 0.15) is 17.3 Å². The van der Waals surface area contributed by atoms with Crippen LogP contribution in [0.15, 0.2) is 78.5 Å². The van der Waals surface area contributed by atoms with Crippen LogP contribution < -0.4 is 15.0 Å². The van der Waals surface area contributed by atoms with E-state index < -0.39 is 17.6 Å². The Bertz CT molecular complexity index is 1170. The maximum atomic E-state index is 13.4. The topological polar surface area (TPSA) is 58.6 Å². The number of imide groups is 1. The van der Waals surface area contributed by atoms with Gasteiger partial charge in [0.05, 0.1) is 17.9 Å². The molecule has 2 amide bonds. The van der Waals surface area contributed by atoms with E-state index in [0.717, 1.165) is 4.90 Å². The van der Waals surface area contributed by atoms with Crippen molar-refractivity contribution in [3.05, 3.63) is 94.9 Å². The number of hydrogen-bond donors (Lipinski definition) is 1. The number of benzene rings is 3. The lowest BCUT2D eigenvalue weighted by Crippen LogP contribution is -2.32. The zero-order valence-corrected chi connectivity index (χ0v) is 17.3. The quantitative estimate of drug-likeness (QED) is 0.534. The highest BCUT2D eigenvalue weighted by Gasteiger charge is 2.40. The van der Waals surface area contributed by atoms with Crippen LogP contribution in [-0.4, -0.2) is 18.4 Å². The lowest BCUT2D eigenvalue weighted by Gasteiger charge is -2.16. The summed E-state index contributed by atoms with van der Waals surface area (Å²) in [4.78, 5) is 27.8. The molecule has 1 heterocycles. The number of nitrogens with one attached hydrogen (secondary N) is 1. The maximum Gasteiger partial charge on any atom is 0.282 e. The summed E-state index contributed by atoms with van der Waals surface area (Å²) in [6, 6.07) is 19.0. The highest BCUT2D eigenvalue weighted by atomic mass is 35.5. The van der Waals surface area contributed by atoms with Gasteiger partial charge in [-0.3, -0.25) is 9.59 Å². The van der Waals surface area contributed by atoms with E-state index in [2.05, 4.69) is 5.32 Å². The summed E-state index contributed by atoms with van der Waals surface area (Å²) in [5, 5.41) is 3.50. The summed E-state index contributed by atoms with van der Waals surface area (Å²) in [5.74, 6) is -0.854. The molecule has 0 fully saturated rings. The van der Waals surface area contributed by atoms with Gasteiger partial charge in [0.2, 0.25) is 0 Å². The first kappa shape index (κ1) is 20.6. The molecule has 31 heavy (non-hydrogen) atoms. The first-order valence-corrected chi connectivity index (χ1v) is 10.00. The molecule has 0 aliphatic carbocycles. The molecular formula is C24H18ClFN2O3. The van der Waals surface area contributed by atoms with Crippen molar-refractivity contribution in [3.8, 4) is 5.75 Å². The van der Waals surface area contributed by atoms with Crippen LogP contribution in [0.5, 0.6) is 5.75 Å². The van der Waals surface area contributed by atoms with E-state index in [4.69, 9.17) is 16.3 Å². The van der Waals surface area contributed by atoms with Crippen molar-refractivity contribution < 1.29 is 18.7 Å². The Labute approximate surface area is 183 Å². The van der Waals surface area contributed by atoms with E-state index >= 15 is 0 Å². The van der Waals surface area contributed by atoms with Crippen LogP contribution in [0.2, 0.25) is 5.02 Å². The molecule has 7 heteroatoms. The van der Waals surface area contributed by atoms with Crippen LogP contribution in [0.25, 0.3) is 5.57 Å². The van der Waals surface area contributed by atoms with E-state index in [9.17, 15) is 14.0 Å². The van der Waals surface area contributed by atoms with Gasteiger partial charge < -0.3 is 10.1 Å². The fourth-order valence-corrected chi connectivity index (χ4v) is 3.45. The minimum absolute atomic E-state index is 0.0979. The molecule has 1 aliphatic heterocycles. The van der Waals surface area contributed by atoms with Gasteiger partial charge in [0, 0.05) is 16.8 Å². The summed E-state index contributed by atoms with van der Waals surface area (Å²) >= 11 is 5.99. The second-order valence-corrected chi connectivity index (χ2v) is 7.20. The summed E-state index contributed by atoms with van der Waals surface area (Å²) in [7, 11) is 0. The monoisotopic (exact) mass is 436 g/mol. The summed E-state index contributed by atoms with van der Waals surface area (Å²) in [6.07, 6.45) is 0. The lowest BCUT2D eigenvalue weighted by molar-refractivity contribution is -0.120. The van der Waals surface area contributed by atoms with Gasteiger partial charge in [0.15, 0.2) is 0 Å². The van der Waals surface area contributed by atoms with E-state index in [-0.39, 0.29) is 11.3 Å². The van der Waals surface area contributed by atoms with Crippen molar-refractivity contribution in [2.24, 2.45) is 0 Å². The number of anilines is 2. The summed E-state index contributed by atoms with van der Waals surface area (Å²) in [6.45, 7) is 2.31. The van der Waals surface area contributed by atoms with Crippen LogP contribution in [0.3, 0.4) is 0 Å². The average Bonchev–Trinajstić information content (AvgIpc) is 3.00. The molecule has 5 nitrogen and oxygen atoms in total. The molecule has 0 spiro atoms. The third-order valence-corrected chi connectivity index (χ3v) is 4.97. The number of ether oxygens (including phenoxy) is 1. The standard InChI is InChI=1S/C24H18ClFN2O3/c1-2-31-20-5-3-4-19(14-20)28-23(29)21(15-6-8-16(25)9-7-15)22(24(28)30)27-18-12-10-17(26)11-13-18/h3-14,27H,2H2,1H3. The van der Waals surface area contributed by atoms with E-state index in [1.165, 1.54) is 24.3 Å². The molecule has 0 aromatic heterocycles. The second-order valence-electron chi connectivity index (χ2n) is 6.76. The number of carbonyl (C=O) groups is 2. The fourth-order valence-electron chi connectivity index (χ4n) is 3.32. The zero-order chi connectivity index (χ0) is 22.0. The number of hydrogen-bond acceptors (Lipinski definition) is 4. The molecule has 0 bridgehead atoms. The number of amides is 2. The fraction of sp³-hybridized carbons (Fsp3) is 0.0833. The number of carbonyl (C=O) groups excluding carboxylic acids is 2. The van der Waals surface area contributed by atoms with Gasteiger partial charge in [-0.15, -0.1) is 0 Å². The molecule has 3 aromatic carbocycles. The van der Waals surface area contributed by atoms with Crippen LogP contribution in [0, 0.1) is 5.82 Å². The molecular weight excluding hydrogens is 419 g/mol. The maximum absolute atomic E-state index is 13.4. The van der Waals surface area contributed by atoms with Crippen molar-refractivity contribution in [1.82, 2.24) is 0 Å². The Hall–Kier alpha value is -3.64. The lowest BCUT2D eigenvalue weighted by atomic mass is 10.0. The van der Waals surface area contributed by atoms with Crippen molar-refractivity contribution in [2.45, 2.75) is 6.92 Å². The second kappa shape index (κ2) is 8.62. The van der Waals surface area contributed by atoms with Crippen LogP contribution in [-0.2, 0) is 9.59 Å². The molecule has 0 saturated carbocycles. The largest absolute Gasteiger partial charge is 0.494 e. The summed E-state index contributed by atoms with van der Waals surface area (Å²) < 4.78 is 18.8. The van der Waals surface area contributed by atoms with Gasteiger partial charge in [0.25, 0.3) is 11.8 Å². The van der Waals surface area contributed by atoms with Crippen molar-refractivity contribution in [3.63, 3.8) is 0 Å². The van der Waals surface area contributed by atoms with Crippen LogP contribution in [0.1, 0.15) is 12.5 Å². The Balaban J connectivity index is 1.79.